The van der Waals surface area contributed by atoms with E-state index in [9.17, 15) is 14.4 Å². The quantitative estimate of drug-likeness (QED) is 0.712. The lowest BCUT2D eigenvalue weighted by atomic mass is 9.97. The van der Waals surface area contributed by atoms with E-state index in [0.717, 1.165) is 5.52 Å². The number of nitrogens with one attached hydrogen (secondary N) is 1. The van der Waals surface area contributed by atoms with E-state index in [4.69, 9.17) is 0 Å². The average molecular weight is 339 g/mol. The second kappa shape index (κ2) is 6.85. The van der Waals surface area contributed by atoms with Gasteiger partial charge in [0, 0.05) is 11.3 Å². The van der Waals surface area contributed by atoms with Crippen molar-refractivity contribution in [1.82, 2.24) is 9.97 Å². The van der Waals surface area contributed by atoms with Gasteiger partial charge in [-0.1, -0.05) is 12.1 Å². The molecule has 1 atom stereocenters. The number of carbonyl (C=O) groups excluding carboxylic acids is 1. The van der Waals surface area contributed by atoms with E-state index in [2.05, 4.69) is 9.97 Å². The molecule has 0 aliphatic rings. The number of hydrogen-bond acceptors (Lipinski definition) is 4. The number of fused-ring (bicyclic) bond motifs is 1. The van der Waals surface area contributed by atoms with Crippen LogP contribution in [0.1, 0.15) is 27.7 Å². The van der Waals surface area contributed by atoms with Gasteiger partial charge in [0.05, 0.1) is 17.1 Å². The number of thioether (sulfide) groups is 1. The number of nitrogens with zero attached hydrogens (tertiary/aromatic N) is 2. The Bertz CT molecular complexity index is 912. The Morgan fingerprint density at radius 1 is 1.38 bits per heavy atom. The number of nitriles is 1. The van der Waals surface area contributed by atoms with E-state index in [1.54, 1.807) is 0 Å². The molecule has 4 nitrogen and oxygen atoms in total. The number of hydrogen-bond donors (Lipinski definition) is 1. The van der Waals surface area contributed by atoms with E-state index >= 15 is 0 Å². The van der Waals surface area contributed by atoms with Crippen molar-refractivity contribution in [2.24, 2.45) is 0 Å². The summed E-state index contributed by atoms with van der Waals surface area (Å²) in [6.07, 6.45) is 1.86. The Kier molecular flexibility index (Phi) is 4.63. The van der Waals surface area contributed by atoms with E-state index in [0.29, 0.717) is 28.2 Å². The van der Waals surface area contributed by atoms with Crippen LogP contribution in [-0.2, 0) is 5.75 Å². The lowest BCUT2D eigenvalue weighted by molar-refractivity contribution is 0.0976. The highest BCUT2D eigenvalue weighted by Crippen LogP contribution is 2.23. The third kappa shape index (κ3) is 3.03. The Labute approximate surface area is 142 Å². The molecule has 0 aliphatic heterocycles. The van der Waals surface area contributed by atoms with Gasteiger partial charge < -0.3 is 4.98 Å². The van der Waals surface area contributed by atoms with E-state index in [-0.39, 0.29) is 11.6 Å². The number of benzene rings is 2. The number of aromatic nitrogens is 2. The van der Waals surface area contributed by atoms with Crippen molar-refractivity contribution in [3.63, 3.8) is 0 Å². The average Bonchev–Trinajstić information content (AvgIpc) is 3.01. The maximum Gasteiger partial charge on any atom is 0.187 e. The third-order valence-corrected chi connectivity index (χ3v) is 4.30. The summed E-state index contributed by atoms with van der Waals surface area (Å²) in [5.41, 5.74) is 2.23. The molecule has 1 heterocycles. The van der Waals surface area contributed by atoms with Crippen LogP contribution in [0, 0.1) is 17.1 Å². The molecule has 3 aromatic rings. The molecular formula is C18H14FN3OS. The largest absolute Gasteiger partial charge is 0.340 e. The van der Waals surface area contributed by atoms with Crippen molar-refractivity contribution in [2.45, 2.75) is 11.7 Å². The van der Waals surface area contributed by atoms with Crippen LogP contribution in [0.15, 0.2) is 42.5 Å². The summed E-state index contributed by atoms with van der Waals surface area (Å²) in [6, 6.07) is 13.5. The van der Waals surface area contributed by atoms with Crippen LogP contribution in [0.4, 0.5) is 4.39 Å². The summed E-state index contributed by atoms with van der Waals surface area (Å²) in [6.45, 7) is 0. The fraction of sp³-hybridized carbons (Fsp3) is 0.167. The Balaban J connectivity index is 1.97. The molecule has 0 saturated heterocycles. The van der Waals surface area contributed by atoms with Crippen molar-refractivity contribution in [2.75, 3.05) is 6.26 Å². The van der Waals surface area contributed by atoms with Gasteiger partial charge in [0.2, 0.25) is 0 Å². The first-order valence-corrected chi connectivity index (χ1v) is 8.69. The first kappa shape index (κ1) is 16.2. The number of Topliss-reactive ketones (excluding diaryl/α,β-unsaturated/α-hetero) is 1. The molecule has 120 valence electrons. The lowest BCUT2D eigenvalue weighted by Gasteiger charge is -2.08. The summed E-state index contributed by atoms with van der Waals surface area (Å²) in [5, 5.41) is 9.45. The van der Waals surface area contributed by atoms with Gasteiger partial charge in [-0.15, -0.1) is 0 Å². The summed E-state index contributed by atoms with van der Waals surface area (Å²) in [5.74, 6) is -1.02. The predicted octanol–water partition coefficient (Wildman–Crippen LogP) is 4.06. The Morgan fingerprint density at radius 2 is 2.17 bits per heavy atom. The third-order valence-electron chi connectivity index (χ3n) is 3.70. The van der Waals surface area contributed by atoms with Gasteiger partial charge in [0.1, 0.15) is 11.6 Å². The summed E-state index contributed by atoms with van der Waals surface area (Å²) < 4.78 is 13.8. The zero-order valence-corrected chi connectivity index (χ0v) is 13.7. The maximum absolute atomic E-state index is 13.8. The second-order valence-corrected chi connectivity index (χ2v) is 6.17. The van der Waals surface area contributed by atoms with Gasteiger partial charge in [-0.25, -0.2) is 9.37 Å². The SMILES string of the molecule is CSCc1cc(C(=O)[C@@H](C#N)c2nc3ccccc3[nH]2)ccc1F. The number of halogens is 1. The number of ketones is 1. The second-order valence-electron chi connectivity index (χ2n) is 5.30. The highest BCUT2D eigenvalue weighted by atomic mass is 32.2. The maximum atomic E-state index is 13.8. The standard InChI is InChI=1S/C18H14FN3OS/c1-24-10-12-8-11(6-7-14(12)19)17(23)13(9-20)18-21-15-4-2-3-5-16(15)22-18/h2-8,13H,10H2,1H3,(H,21,22)/t13-/m1/s1. The molecule has 24 heavy (non-hydrogen) atoms. The summed E-state index contributed by atoms with van der Waals surface area (Å²) >= 11 is 1.47. The molecular weight excluding hydrogens is 325 g/mol. The smallest absolute Gasteiger partial charge is 0.187 e. The minimum Gasteiger partial charge on any atom is -0.340 e. The van der Waals surface area contributed by atoms with Crippen molar-refractivity contribution >= 4 is 28.6 Å². The Morgan fingerprint density at radius 3 is 2.88 bits per heavy atom. The summed E-state index contributed by atoms with van der Waals surface area (Å²) in [4.78, 5) is 20.1. The zero-order chi connectivity index (χ0) is 17.1. The monoisotopic (exact) mass is 339 g/mol. The summed E-state index contributed by atoms with van der Waals surface area (Å²) in [7, 11) is 0. The molecule has 2 aromatic carbocycles. The molecule has 6 heteroatoms. The zero-order valence-electron chi connectivity index (χ0n) is 12.9. The molecule has 0 fully saturated rings. The molecule has 0 unspecified atom stereocenters. The van der Waals surface area contributed by atoms with Crippen LogP contribution in [0.2, 0.25) is 0 Å². The van der Waals surface area contributed by atoms with Crippen molar-refractivity contribution in [1.29, 1.82) is 5.26 Å². The Hall–Kier alpha value is -2.65. The highest BCUT2D eigenvalue weighted by Gasteiger charge is 2.25. The fourth-order valence-corrected chi connectivity index (χ4v) is 3.05. The fourth-order valence-electron chi connectivity index (χ4n) is 2.51. The number of rotatable bonds is 5. The van der Waals surface area contributed by atoms with Crippen LogP contribution in [-0.4, -0.2) is 22.0 Å². The van der Waals surface area contributed by atoms with Crippen LogP contribution in [0.25, 0.3) is 11.0 Å². The number of aromatic amines is 1. The van der Waals surface area contributed by atoms with Crippen molar-refractivity contribution < 1.29 is 9.18 Å². The van der Waals surface area contributed by atoms with Gasteiger partial charge in [0.25, 0.3) is 0 Å². The van der Waals surface area contributed by atoms with Gasteiger partial charge in [-0.2, -0.15) is 17.0 Å². The van der Waals surface area contributed by atoms with Crippen molar-refractivity contribution in [3.05, 3.63) is 65.2 Å². The number of para-hydroxylation sites is 2. The molecule has 0 amide bonds. The first-order chi connectivity index (χ1) is 11.6. The minimum absolute atomic E-state index is 0.305. The van der Waals surface area contributed by atoms with Gasteiger partial charge >= 0.3 is 0 Å². The highest BCUT2D eigenvalue weighted by molar-refractivity contribution is 7.97. The molecule has 1 N–H and O–H groups in total. The van der Waals surface area contributed by atoms with E-state index < -0.39 is 5.92 Å². The predicted molar refractivity (Wildman–Crippen MR) is 92.4 cm³/mol. The van der Waals surface area contributed by atoms with E-state index in [1.807, 2.05) is 36.6 Å². The van der Waals surface area contributed by atoms with Gasteiger partial charge in [-0.05, 0) is 42.2 Å². The van der Waals surface area contributed by atoms with Crippen LogP contribution >= 0.6 is 11.8 Å². The lowest BCUT2D eigenvalue weighted by Crippen LogP contribution is -2.13. The molecule has 1 aromatic heterocycles. The topological polar surface area (TPSA) is 69.5 Å². The molecule has 0 saturated carbocycles. The first-order valence-electron chi connectivity index (χ1n) is 7.30. The van der Waals surface area contributed by atoms with Crippen LogP contribution in [0.3, 0.4) is 0 Å². The molecule has 0 aliphatic carbocycles. The molecule has 0 bridgehead atoms. The molecule has 3 rings (SSSR count). The normalized spacial score (nSPS) is 12.0. The van der Waals surface area contributed by atoms with Crippen LogP contribution in [0.5, 0.6) is 0 Å². The molecule has 0 spiro atoms. The number of H-pyrrole nitrogens is 1. The van der Waals surface area contributed by atoms with Gasteiger partial charge in [-0.3, -0.25) is 4.79 Å². The van der Waals surface area contributed by atoms with Gasteiger partial charge in [0.15, 0.2) is 11.7 Å². The molecule has 0 radical (unpaired) electrons. The van der Waals surface area contributed by atoms with Crippen molar-refractivity contribution in [3.8, 4) is 6.07 Å². The minimum atomic E-state index is -1.05. The van der Waals surface area contributed by atoms with E-state index in [1.165, 1.54) is 30.0 Å². The van der Waals surface area contributed by atoms with Crippen LogP contribution < -0.4 is 0 Å². The number of carbonyl (C=O) groups is 1. The number of imidazole rings is 1.